The van der Waals surface area contributed by atoms with Crippen LogP contribution in [-0.2, 0) is 6.61 Å². The number of hydrogen-bond donors (Lipinski definition) is 1. The molecule has 2 N–H and O–H groups in total. The van der Waals surface area contributed by atoms with Crippen molar-refractivity contribution < 1.29 is 27.8 Å². The van der Waals surface area contributed by atoms with Gasteiger partial charge in [-0.15, -0.1) is 0 Å². The molecule has 4 aromatic carbocycles. The van der Waals surface area contributed by atoms with E-state index in [1.165, 1.54) is 12.1 Å². The van der Waals surface area contributed by atoms with Crippen LogP contribution in [-0.4, -0.2) is 5.97 Å². The van der Waals surface area contributed by atoms with Gasteiger partial charge in [0.2, 0.25) is 11.6 Å². The lowest BCUT2D eigenvalue weighted by Gasteiger charge is -2.27. The molecule has 1 unspecified atom stereocenters. The molecule has 2 heterocycles. The van der Waals surface area contributed by atoms with E-state index < -0.39 is 11.9 Å². The van der Waals surface area contributed by atoms with Gasteiger partial charge in [-0.3, -0.25) is 0 Å². The molecule has 5 aromatic rings. The maximum Gasteiger partial charge on any atom is 0.379 e. The van der Waals surface area contributed by atoms with Crippen molar-refractivity contribution in [2.24, 2.45) is 5.73 Å². The van der Waals surface area contributed by atoms with Gasteiger partial charge in [-0.25, -0.2) is 9.18 Å². The summed E-state index contributed by atoms with van der Waals surface area (Å²) >= 11 is 0. The van der Waals surface area contributed by atoms with E-state index in [4.69, 9.17) is 24.4 Å². The Balaban J connectivity index is 1.28. The molecule has 0 radical (unpaired) electrons. The molecule has 1 aromatic heterocycles. The van der Waals surface area contributed by atoms with Crippen molar-refractivity contribution >= 4 is 16.9 Å². The van der Waals surface area contributed by atoms with Gasteiger partial charge in [-0.2, -0.15) is 5.26 Å². The van der Waals surface area contributed by atoms with E-state index in [9.17, 15) is 14.4 Å². The van der Waals surface area contributed by atoms with Gasteiger partial charge >= 0.3 is 5.97 Å². The zero-order chi connectivity index (χ0) is 30.2. The first kappa shape index (κ1) is 27.6. The Morgan fingerprint density at radius 1 is 0.977 bits per heavy atom. The van der Waals surface area contributed by atoms with E-state index in [2.05, 4.69) is 6.07 Å². The Morgan fingerprint density at radius 2 is 1.77 bits per heavy atom. The molecule has 0 amide bonds. The third-order valence-electron chi connectivity index (χ3n) is 7.72. The molecular weight excluding hydrogens is 547 g/mol. The number of nitrogens with zero attached hydrogens (tertiary/aromatic N) is 1. The van der Waals surface area contributed by atoms with E-state index in [1.807, 2.05) is 51.1 Å². The third-order valence-corrected chi connectivity index (χ3v) is 7.72. The Morgan fingerprint density at radius 3 is 2.53 bits per heavy atom. The predicted molar refractivity (Wildman–Crippen MR) is 158 cm³/mol. The van der Waals surface area contributed by atoms with Crippen LogP contribution in [0.5, 0.6) is 17.2 Å². The summed E-state index contributed by atoms with van der Waals surface area (Å²) in [7, 11) is 0. The molecule has 0 saturated carbocycles. The molecule has 0 fully saturated rings. The number of allylic oxidation sites excluding steroid dienone is 1. The molecule has 1 aliphatic heterocycles. The van der Waals surface area contributed by atoms with Crippen LogP contribution < -0.4 is 19.9 Å². The summed E-state index contributed by atoms with van der Waals surface area (Å²) < 4.78 is 36.7. The second kappa shape index (κ2) is 11.0. The predicted octanol–water partition coefficient (Wildman–Crippen LogP) is 7.51. The summed E-state index contributed by atoms with van der Waals surface area (Å²) in [6.07, 6.45) is 0. The van der Waals surface area contributed by atoms with Gasteiger partial charge in [0.1, 0.15) is 46.9 Å². The molecule has 214 valence electrons. The van der Waals surface area contributed by atoms with Gasteiger partial charge in [-0.05, 0) is 73.4 Å². The number of halogens is 1. The highest BCUT2D eigenvalue weighted by Crippen LogP contribution is 2.44. The van der Waals surface area contributed by atoms with Crippen molar-refractivity contribution in [3.8, 4) is 23.3 Å². The second-order valence-electron chi connectivity index (χ2n) is 10.4. The summed E-state index contributed by atoms with van der Waals surface area (Å²) in [5.74, 6) is -0.240. The monoisotopic (exact) mass is 574 g/mol. The number of carbonyl (C=O) groups excluding carboxylic acids is 1. The summed E-state index contributed by atoms with van der Waals surface area (Å²) in [6, 6.07) is 24.5. The number of ether oxygens (including phenoxy) is 3. The van der Waals surface area contributed by atoms with Crippen LogP contribution >= 0.6 is 0 Å². The van der Waals surface area contributed by atoms with Gasteiger partial charge in [-0.1, -0.05) is 42.5 Å². The van der Waals surface area contributed by atoms with Crippen molar-refractivity contribution in [2.75, 3.05) is 0 Å². The topological polar surface area (TPSA) is 108 Å². The minimum atomic E-state index is -0.634. The first-order valence-corrected chi connectivity index (χ1v) is 13.6. The molecule has 7 nitrogen and oxygen atoms in total. The standard InChI is InChI=1S/C35H27FN2O5/c1-19-7-13-27-21(3)33(43-32(27)20(19)2)35(39)41-26-12-14-28-30(16-26)42-34(38)29(17-37)31(28)23-5-4-6-25(15-23)40-18-22-8-10-24(36)11-9-22/h4-16,31H,18,38H2,1-3H3. The van der Waals surface area contributed by atoms with Crippen LogP contribution in [0, 0.1) is 37.9 Å². The number of benzene rings is 4. The van der Waals surface area contributed by atoms with Crippen molar-refractivity contribution in [1.82, 2.24) is 0 Å². The first-order valence-electron chi connectivity index (χ1n) is 13.6. The highest BCUT2D eigenvalue weighted by atomic mass is 19.1. The van der Waals surface area contributed by atoms with Crippen molar-refractivity contribution in [1.29, 1.82) is 5.26 Å². The second-order valence-corrected chi connectivity index (χ2v) is 10.4. The number of hydrogen-bond acceptors (Lipinski definition) is 7. The van der Waals surface area contributed by atoms with E-state index in [0.29, 0.717) is 28.2 Å². The molecule has 0 aliphatic carbocycles. The van der Waals surface area contributed by atoms with Gasteiger partial charge in [0, 0.05) is 22.6 Å². The van der Waals surface area contributed by atoms with Gasteiger partial charge in [0.15, 0.2) is 0 Å². The van der Waals surface area contributed by atoms with Crippen LogP contribution in [0.3, 0.4) is 0 Å². The number of furan rings is 1. The molecule has 1 aliphatic rings. The molecule has 6 rings (SSSR count). The van der Waals surface area contributed by atoms with E-state index in [-0.39, 0.29) is 35.4 Å². The maximum absolute atomic E-state index is 13.3. The van der Waals surface area contributed by atoms with Crippen LogP contribution in [0.25, 0.3) is 11.0 Å². The number of esters is 1. The molecule has 0 saturated heterocycles. The van der Waals surface area contributed by atoms with Gasteiger partial charge in [0.25, 0.3) is 0 Å². The highest BCUT2D eigenvalue weighted by Gasteiger charge is 2.32. The van der Waals surface area contributed by atoms with E-state index >= 15 is 0 Å². The fraction of sp³-hybridized carbons (Fsp3) is 0.143. The zero-order valence-corrected chi connectivity index (χ0v) is 23.7. The quantitative estimate of drug-likeness (QED) is 0.165. The average Bonchev–Trinajstić information content (AvgIpc) is 3.35. The number of aryl methyl sites for hydroxylation is 3. The van der Waals surface area contributed by atoms with Crippen LogP contribution in [0.4, 0.5) is 4.39 Å². The number of carbonyl (C=O) groups is 1. The lowest BCUT2D eigenvalue weighted by molar-refractivity contribution is 0.0702. The SMILES string of the molecule is Cc1ccc2c(C)c(C(=O)Oc3ccc4c(c3)OC(N)=C(C#N)C4c3cccc(OCc4ccc(F)cc4)c3)oc2c1C. The summed E-state index contributed by atoms with van der Waals surface area (Å²) in [6.45, 7) is 6.01. The fourth-order valence-electron chi connectivity index (χ4n) is 5.24. The van der Waals surface area contributed by atoms with Gasteiger partial charge in [0.05, 0.1) is 5.92 Å². The van der Waals surface area contributed by atoms with Gasteiger partial charge < -0.3 is 24.4 Å². The summed E-state index contributed by atoms with van der Waals surface area (Å²) in [5, 5.41) is 10.8. The Kier molecular flexibility index (Phi) is 7.08. The Hall–Kier alpha value is -5.55. The van der Waals surface area contributed by atoms with E-state index in [0.717, 1.165) is 27.6 Å². The molecule has 1 atom stereocenters. The van der Waals surface area contributed by atoms with Crippen molar-refractivity contribution in [3.63, 3.8) is 0 Å². The minimum absolute atomic E-state index is 0.0416. The first-order chi connectivity index (χ1) is 20.7. The fourth-order valence-corrected chi connectivity index (χ4v) is 5.24. The molecule has 8 heteroatoms. The number of rotatable bonds is 6. The summed E-state index contributed by atoms with van der Waals surface area (Å²) in [5.41, 5.74) is 12.1. The van der Waals surface area contributed by atoms with Crippen LogP contribution in [0.1, 0.15) is 49.9 Å². The highest BCUT2D eigenvalue weighted by molar-refractivity contribution is 5.98. The number of nitrogens with two attached hydrogens (primary N) is 1. The largest absolute Gasteiger partial charge is 0.489 e. The lowest BCUT2D eigenvalue weighted by atomic mass is 9.83. The van der Waals surface area contributed by atoms with Crippen molar-refractivity contribution in [3.05, 3.63) is 135 Å². The zero-order valence-electron chi connectivity index (χ0n) is 23.7. The summed E-state index contributed by atoms with van der Waals surface area (Å²) in [4.78, 5) is 13.2. The lowest BCUT2D eigenvalue weighted by Crippen LogP contribution is -2.21. The van der Waals surface area contributed by atoms with Crippen LogP contribution in [0.2, 0.25) is 0 Å². The molecule has 43 heavy (non-hydrogen) atoms. The van der Waals surface area contributed by atoms with Crippen LogP contribution in [0.15, 0.2) is 94.7 Å². The van der Waals surface area contributed by atoms with Crippen molar-refractivity contribution in [2.45, 2.75) is 33.3 Å². The maximum atomic E-state index is 13.3. The third kappa shape index (κ3) is 5.17. The normalized spacial score (nSPS) is 14.2. The Bertz CT molecular complexity index is 1970. The van der Waals surface area contributed by atoms with E-state index in [1.54, 1.807) is 36.4 Å². The minimum Gasteiger partial charge on any atom is -0.489 e. The Labute approximate surface area is 247 Å². The average molecular weight is 575 g/mol. The molecular formula is C35H27FN2O5. The molecule has 0 bridgehead atoms. The number of fused-ring (bicyclic) bond motifs is 2. The number of nitriles is 1. The molecule has 0 spiro atoms. The smallest absolute Gasteiger partial charge is 0.379 e.